The van der Waals surface area contributed by atoms with Crippen LogP contribution >= 0.6 is 24.1 Å². The third-order valence-corrected chi connectivity index (χ3v) is 11.1. The second-order valence-corrected chi connectivity index (χ2v) is 15.3. The maximum Gasteiger partial charge on any atom is 0.296 e. The highest BCUT2D eigenvalue weighted by Gasteiger charge is 2.34. The molecule has 0 unspecified atom stereocenters. The summed E-state index contributed by atoms with van der Waals surface area (Å²) < 4.78 is 45.7. The molecule has 0 fully saturated rings. The van der Waals surface area contributed by atoms with Crippen LogP contribution < -0.4 is 21.5 Å². The largest absolute Gasteiger partial charge is 0.376 e. The fourth-order valence-corrected chi connectivity index (χ4v) is 8.16. The second kappa shape index (κ2) is 16.9. The summed E-state index contributed by atoms with van der Waals surface area (Å²) >= 11 is 0.946. The van der Waals surface area contributed by atoms with Gasteiger partial charge < -0.3 is 20.5 Å². The number of ketones is 2. The highest BCUT2D eigenvalue weighted by atomic mass is 32.2. The SMILES string of the molecule is Cn1c(=O)c(C(=O)c2cccc(SOOO)c2)c2c3c(c(Nc4cc(NC(=O)CNc5ccccc5)c(S(=O)(=O)O)cc4SOOO)ccc31)C(=O)c1ccccc1-2. The molecule has 0 radical (unpaired) electrons. The average Bonchev–Trinajstić information content (AvgIpc) is 3.22. The topological polar surface area (TPSA) is 241 Å². The molecule has 6 aromatic rings. The maximum atomic E-state index is 14.5. The van der Waals surface area contributed by atoms with E-state index in [2.05, 4.69) is 34.7 Å². The summed E-state index contributed by atoms with van der Waals surface area (Å²) in [4.78, 5) is 55.6. The Bertz CT molecular complexity index is 2800. The molecule has 17 nitrogen and oxygen atoms in total. The van der Waals surface area contributed by atoms with E-state index in [0.29, 0.717) is 45.7 Å². The standard InChI is InChI=1S/C38H28N4O13S3/c1-42-28-15-14-25(40-26-17-27(30(58(49,50)51)18-29(26)57-55-53-48)41-31(43)19-39-21-9-3-2-4-10-21)33-34(28)32(23-12-5-6-13-24(23)37(33)45)35(38(42)46)36(44)20-8-7-11-22(16-20)56-54-52-47/h2-18,39-40,47-48H,19H2,1H3,(H,41,43)(H,49,50,51). The predicted octanol–water partition coefficient (Wildman–Crippen LogP) is 6.88. The number of fused-ring (bicyclic) bond motifs is 2. The summed E-state index contributed by atoms with van der Waals surface area (Å²) in [6.45, 7) is -0.297. The van der Waals surface area contributed by atoms with Crippen molar-refractivity contribution in [3.05, 3.63) is 136 Å². The molecule has 7 rings (SSSR count). The molecule has 0 spiro atoms. The highest BCUT2D eigenvalue weighted by molar-refractivity contribution is 7.95. The molecule has 1 aliphatic rings. The van der Waals surface area contributed by atoms with Crippen LogP contribution in [0.2, 0.25) is 0 Å². The Morgan fingerprint density at radius 1 is 0.776 bits per heavy atom. The van der Waals surface area contributed by atoms with Crippen molar-refractivity contribution >= 4 is 85.3 Å². The first kappa shape index (κ1) is 40.3. The molecule has 0 saturated carbocycles. The van der Waals surface area contributed by atoms with Crippen molar-refractivity contribution in [3.8, 4) is 11.1 Å². The molecule has 0 saturated heterocycles. The van der Waals surface area contributed by atoms with Gasteiger partial charge >= 0.3 is 0 Å². The Morgan fingerprint density at radius 3 is 2.21 bits per heavy atom. The molecule has 0 bridgehead atoms. The Balaban J connectivity index is 1.40. The number of aryl methyl sites for hydroxylation is 1. The summed E-state index contributed by atoms with van der Waals surface area (Å²) in [5.41, 5.74) is 0.528. The number of para-hydroxylation sites is 1. The number of anilines is 4. The van der Waals surface area contributed by atoms with Crippen molar-refractivity contribution in [3.63, 3.8) is 0 Å². The van der Waals surface area contributed by atoms with Crippen LogP contribution in [0.1, 0.15) is 31.8 Å². The van der Waals surface area contributed by atoms with Crippen molar-refractivity contribution in [2.75, 3.05) is 22.5 Å². The van der Waals surface area contributed by atoms with E-state index in [1.54, 1.807) is 72.8 Å². The Kier molecular flexibility index (Phi) is 11.7. The number of rotatable bonds is 15. The van der Waals surface area contributed by atoms with E-state index in [9.17, 15) is 32.1 Å². The summed E-state index contributed by atoms with van der Waals surface area (Å²) in [7, 11) is -3.54. The zero-order valence-corrected chi connectivity index (χ0v) is 32.1. The number of nitrogens with one attached hydrogen (secondary N) is 3. The molecule has 1 heterocycles. The van der Waals surface area contributed by atoms with Gasteiger partial charge in [-0.2, -0.15) is 8.42 Å². The molecule has 6 N–H and O–H groups in total. The summed E-state index contributed by atoms with van der Waals surface area (Å²) in [6.07, 6.45) is 0. The van der Waals surface area contributed by atoms with E-state index >= 15 is 0 Å². The van der Waals surface area contributed by atoms with Crippen LogP contribution in [0.15, 0.2) is 123 Å². The van der Waals surface area contributed by atoms with Gasteiger partial charge in [-0.25, -0.2) is 10.5 Å². The van der Waals surface area contributed by atoms with Crippen molar-refractivity contribution in [2.24, 2.45) is 7.05 Å². The molecule has 1 aromatic heterocycles. The third-order valence-electron chi connectivity index (χ3n) is 9.00. The lowest BCUT2D eigenvalue weighted by Gasteiger charge is -2.26. The van der Waals surface area contributed by atoms with Crippen molar-refractivity contribution in [1.29, 1.82) is 0 Å². The number of nitrogens with zero attached hydrogens (tertiary/aromatic N) is 1. The van der Waals surface area contributed by atoms with Gasteiger partial charge in [-0.3, -0.25) is 23.7 Å². The molecule has 5 aromatic carbocycles. The first-order chi connectivity index (χ1) is 27.9. The Hall–Kier alpha value is -5.91. The molecule has 58 heavy (non-hydrogen) atoms. The minimum absolute atomic E-state index is 0.00547. The number of hydrogen-bond acceptors (Lipinski definition) is 16. The van der Waals surface area contributed by atoms with Crippen LogP contribution in [0.3, 0.4) is 0 Å². The molecule has 0 atom stereocenters. The van der Waals surface area contributed by atoms with E-state index in [4.69, 9.17) is 10.5 Å². The number of amides is 1. The van der Waals surface area contributed by atoms with Crippen LogP contribution in [-0.4, -0.2) is 52.1 Å². The maximum absolute atomic E-state index is 14.5. The van der Waals surface area contributed by atoms with E-state index in [1.165, 1.54) is 29.8 Å². The van der Waals surface area contributed by atoms with Gasteiger partial charge in [0, 0.05) is 39.7 Å². The number of aromatic nitrogens is 1. The molecule has 20 heteroatoms. The molecule has 0 aliphatic heterocycles. The van der Waals surface area contributed by atoms with Gasteiger partial charge in [0.25, 0.3) is 15.7 Å². The van der Waals surface area contributed by atoms with Crippen LogP contribution in [0, 0.1) is 0 Å². The first-order valence-electron chi connectivity index (χ1n) is 16.7. The number of carbonyl (C=O) groups is 3. The molecule has 1 aliphatic carbocycles. The number of pyridine rings is 1. The first-order valence-corrected chi connectivity index (χ1v) is 19.6. The number of hydrogen-bond donors (Lipinski definition) is 6. The van der Waals surface area contributed by atoms with Crippen molar-refractivity contribution in [1.82, 2.24) is 4.57 Å². The zero-order chi connectivity index (χ0) is 41.1. The zero-order valence-electron chi connectivity index (χ0n) is 29.6. The van der Waals surface area contributed by atoms with Gasteiger partial charge in [0.05, 0.1) is 69.2 Å². The molecular formula is C38H28N4O13S3. The monoisotopic (exact) mass is 844 g/mol. The summed E-state index contributed by atoms with van der Waals surface area (Å²) in [6, 6.07) is 26.4. The average molecular weight is 845 g/mol. The van der Waals surface area contributed by atoms with Crippen LogP contribution in [0.4, 0.5) is 22.7 Å². The lowest BCUT2D eigenvalue weighted by molar-refractivity contribution is -0.432. The molecular weight excluding hydrogens is 817 g/mol. The fraction of sp³-hybridized carbons (Fsp3) is 0.0526. The van der Waals surface area contributed by atoms with Gasteiger partial charge in [-0.1, -0.05) is 64.7 Å². The molecule has 1 amide bonds. The van der Waals surface area contributed by atoms with Gasteiger partial charge in [-0.15, -0.1) is 8.67 Å². The summed E-state index contributed by atoms with van der Waals surface area (Å²) in [5.74, 6) is -1.86. The Morgan fingerprint density at radius 2 is 1.48 bits per heavy atom. The van der Waals surface area contributed by atoms with Gasteiger partial charge in [0.2, 0.25) is 5.91 Å². The van der Waals surface area contributed by atoms with E-state index in [-0.39, 0.29) is 61.7 Å². The van der Waals surface area contributed by atoms with Gasteiger partial charge in [-0.05, 0) is 54.1 Å². The second-order valence-electron chi connectivity index (χ2n) is 12.4. The van der Waals surface area contributed by atoms with E-state index in [0.717, 1.165) is 12.1 Å². The van der Waals surface area contributed by atoms with Crippen molar-refractivity contribution in [2.45, 2.75) is 14.7 Å². The van der Waals surface area contributed by atoms with Crippen LogP contribution in [0.25, 0.3) is 22.0 Å². The summed E-state index contributed by atoms with van der Waals surface area (Å²) in [5, 5.41) is 33.7. The predicted molar refractivity (Wildman–Crippen MR) is 212 cm³/mol. The van der Waals surface area contributed by atoms with Crippen LogP contribution in [-0.2, 0) is 40.7 Å². The Labute approximate surface area is 336 Å². The third kappa shape index (κ3) is 7.97. The highest BCUT2D eigenvalue weighted by Crippen LogP contribution is 2.45. The smallest absolute Gasteiger partial charge is 0.296 e. The number of carbonyl (C=O) groups excluding carboxylic acids is 3. The van der Waals surface area contributed by atoms with E-state index < -0.39 is 38.0 Å². The lowest BCUT2D eigenvalue weighted by Crippen LogP contribution is -2.29. The van der Waals surface area contributed by atoms with Gasteiger partial charge in [0.15, 0.2) is 11.6 Å². The minimum atomic E-state index is -5.00. The number of benzene rings is 5. The van der Waals surface area contributed by atoms with Gasteiger partial charge in [0.1, 0.15) is 4.90 Å². The van der Waals surface area contributed by atoms with E-state index in [1.807, 2.05) is 0 Å². The quantitative estimate of drug-likeness (QED) is 0.0203. The minimum Gasteiger partial charge on any atom is -0.376 e. The normalized spacial score (nSPS) is 12.0. The lowest BCUT2D eigenvalue weighted by atomic mass is 9.80. The molecule has 296 valence electrons. The van der Waals surface area contributed by atoms with Crippen LogP contribution in [0.5, 0.6) is 0 Å². The van der Waals surface area contributed by atoms with Crippen molar-refractivity contribution < 1.29 is 56.6 Å². The fourth-order valence-electron chi connectivity index (χ4n) is 6.54.